The SMILES string of the molecule is CCCc1ccc(NCC(O)COCc2cccs2)cc1. The maximum atomic E-state index is 9.89. The summed E-state index contributed by atoms with van der Waals surface area (Å²) >= 11 is 1.67. The summed E-state index contributed by atoms with van der Waals surface area (Å²) in [5.41, 5.74) is 2.38. The lowest BCUT2D eigenvalue weighted by atomic mass is 10.1. The van der Waals surface area contributed by atoms with Crippen molar-refractivity contribution in [3.8, 4) is 0 Å². The molecular formula is C17H23NO2S. The normalized spacial score (nSPS) is 12.3. The second kappa shape index (κ2) is 8.82. The van der Waals surface area contributed by atoms with Crippen molar-refractivity contribution in [3.63, 3.8) is 0 Å². The van der Waals surface area contributed by atoms with E-state index in [1.807, 2.05) is 17.5 Å². The molecule has 4 heteroatoms. The molecular weight excluding hydrogens is 282 g/mol. The van der Waals surface area contributed by atoms with E-state index in [-0.39, 0.29) is 0 Å². The summed E-state index contributed by atoms with van der Waals surface area (Å²) in [6.07, 6.45) is 1.77. The van der Waals surface area contributed by atoms with Crippen LogP contribution >= 0.6 is 11.3 Å². The molecule has 0 spiro atoms. The van der Waals surface area contributed by atoms with E-state index >= 15 is 0 Å². The highest BCUT2D eigenvalue weighted by molar-refractivity contribution is 7.09. The van der Waals surface area contributed by atoms with Crippen LogP contribution in [0.5, 0.6) is 0 Å². The lowest BCUT2D eigenvalue weighted by molar-refractivity contribution is 0.0359. The van der Waals surface area contributed by atoms with E-state index in [4.69, 9.17) is 4.74 Å². The summed E-state index contributed by atoms with van der Waals surface area (Å²) in [6, 6.07) is 12.4. The molecule has 0 fully saturated rings. The van der Waals surface area contributed by atoms with Crippen molar-refractivity contribution in [2.75, 3.05) is 18.5 Å². The van der Waals surface area contributed by atoms with Crippen LogP contribution in [0.1, 0.15) is 23.8 Å². The molecule has 1 unspecified atom stereocenters. The summed E-state index contributed by atoms with van der Waals surface area (Å²) in [7, 11) is 0. The van der Waals surface area contributed by atoms with Crippen LogP contribution in [0.2, 0.25) is 0 Å². The molecule has 0 aliphatic carbocycles. The van der Waals surface area contributed by atoms with Crippen molar-refractivity contribution in [2.45, 2.75) is 32.5 Å². The van der Waals surface area contributed by atoms with Gasteiger partial charge in [0.25, 0.3) is 0 Å². The maximum Gasteiger partial charge on any atom is 0.0945 e. The third kappa shape index (κ3) is 5.87. The zero-order chi connectivity index (χ0) is 14.9. The lowest BCUT2D eigenvalue weighted by Crippen LogP contribution is -2.24. The van der Waals surface area contributed by atoms with E-state index in [0.29, 0.717) is 19.8 Å². The Morgan fingerprint density at radius 2 is 2.05 bits per heavy atom. The first kappa shape index (κ1) is 16.0. The average molecular weight is 305 g/mol. The van der Waals surface area contributed by atoms with Gasteiger partial charge in [-0.3, -0.25) is 0 Å². The van der Waals surface area contributed by atoms with Crippen LogP contribution in [0.3, 0.4) is 0 Å². The van der Waals surface area contributed by atoms with Gasteiger partial charge in [0.05, 0.1) is 19.3 Å². The molecule has 1 atom stereocenters. The van der Waals surface area contributed by atoms with Crippen LogP contribution < -0.4 is 5.32 Å². The van der Waals surface area contributed by atoms with E-state index < -0.39 is 6.10 Å². The van der Waals surface area contributed by atoms with E-state index in [1.54, 1.807) is 11.3 Å². The fourth-order valence-corrected chi connectivity index (χ4v) is 2.70. The zero-order valence-corrected chi connectivity index (χ0v) is 13.2. The van der Waals surface area contributed by atoms with E-state index in [2.05, 4.69) is 36.5 Å². The first-order valence-corrected chi connectivity index (χ1v) is 8.27. The minimum Gasteiger partial charge on any atom is -0.389 e. The van der Waals surface area contributed by atoms with Crippen molar-refractivity contribution in [3.05, 3.63) is 52.2 Å². The molecule has 0 aliphatic rings. The molecule has 3 nitrogen and oxygen atoms in total. The molecule has 2 rings (SSSR count). The molecule has 0 saturated carbocycles. The van der Waals surface area contributed by atoms with Crippen LogP contribution in [0.25, 0.3) is 0 Å². The fourth-order valence-electron chi connectivity index (χ4n) is 2.06. The van der Waals surface area contributed by atoms with Gasteiger partial charge >= 0.3 is 0 Å². The van der Waals surface area contributed by atoms with Gasteiger partial charge in [-0.25, -0.2) is 0 Å². The number of rotatable bonds is 9. The van der Waals surface area contributed by atoms with Crippen LogP contribution in [0.4, 0.5) is 5.69 Å². The molecule has 0 saturated heterocycles. The Morgan fingerprint density at radius 3 is 2.71 bits per heavy atom. The largest absolute Gasteiger partial charge is 0.389 e. The molecule has 0 bridgehead atoms. The molecule has 0 radical (unpaired) electrons. The van der Waals surface area contributed by atoms with Crippen molar-refractivity contribution in [1.82, 2.24) is 0 Å². The zero-order valence-electron chi connectivity index (χ0n) is 12.4. The van der Waals surface area contributed by atoms with Gasteiger partial charge in [-0.05, 0) is 35.6 Å². The minimum atomic E-state index is -0.500. The molecule has 2 aromatic rings. The molecule has 0 aliphatic heterocycles. The predicted molar refractivity (Wildman–Crippen MR) is 88.9 cm³/mol. The molecule has 1 aromatic heterocycles. The topological polar surface area (TPSA) is 41.5 Å². The Hall–Kier alpha value is -1.36. The summed E-state index contributed by atoms with van der Waals surface area (Å²) < 4.78 is 5.50. The molecule has 114 valence electrons. The van der Waals surface area contributed by atoms with Gasteiger partial charge in [-0.2, -0.15) is 0 Å². The maximum absolute atomic E-state index is 9.89. The monoisotopic (exact) mass is 305 g/mol. The summed E-state index contributed by atoms with van der Waals surface area (Å²) in [6.45, 7) is 3.59. The van der Waals surface area contributed by atoms with E-state index in [0.717, 1.165) is 18.5 Å². The third-order valence-corrected chi connectivity index (χ3v) is 4.02. The Kier molecular flexibility index (Phi) is 6.73. The summed E-state index contributed by atoms with van der Waals surface area (Å²) in [4.78, 5) is 1.18. The quantitative estimate of drug-likeness (QED) is 0.742. The molecule has 0 amide bonds. The first-order valence-electron chi connectivity index (χ1n) is 7.39. The van der Waals surface area contributed by atoms with Gasteiger partial charge < -0.3 is 15.2 Å². The van der Waals surface area contributed by atoms with Crippen molar-refractivity contribution >= 4 is 17.0 Å². The number of hydrogen-bond donors (Lipinski definition) is 2. The Bertz CT molecular complexity index is 496. The van der Waals surface area contributed by atoms with Crippen molar-refractivity contribution < 1.29 is 9.84 Å². The highest BCUT2D eigenvalue weighted by atomic mass is 32.1. The van der Waals surface area contributed by atoms with Gasteiger partial charge in [0.2, 0.25) is 0 Å². The van der Waals surface area contributed by atoms with Crippen molar-refractivity contribution in [2.24, 2.45) is 0 Å². The van der Waals surface area contributed by atoms with Gasteiger partial charge in [0.1, 0.15) is 0 Å². The minimum absolute atomic E-state index is 0.346. The van der Waals surface area contributed by atoms with Crippen LogP contribution in [0, 0.1) is 0 Å². The highest BCUT2D eigenvalue weighted by Crippen LogP contribution is 2.12. The standard InChI is InChI=1S/C17H23NO2S/c1-2-4-14-6-8-15(9-7-14)18-11-16(19)12-20-13-17-5-3-10-21-17/h3,5-10,16,18-19H,2,4,11-13H2,1H3. The first-order chi connectivity index (χ1) is 10.3. The van der Waals surface area contributed by atoms with Gasteiger partial charge in [0.15, 0.2) is 0 Å². The van der Waals surface area contributed by atoms with Crippen LogP contribution in [-0.4, -0.2) is 24.4 Å². The summed E-state index contributed by atoms with van der Waals surface area (Å²) in [5.74, 6) is 0. The number of aliphatic hydroxyl groups excluding tert-OH is 1. The molecule has 21 heavy (non-hydrogen) atoms. The number of aryl methyl sites for hydroxylation is 1. The second-order valence-electron chi connectivity index (χ2n) is 5.08. The number of benzene rings is 1. The number of nitrogens with one attached hydrogen (secondary N) is 1. The Morgan fingerprint density at radius 1 is 1.24 bits per heavy atom. The fraction of sp³-hybridized carbons (Fsp3) is 0.412. The van der Waals surface area contributed by atoms with Crippen molar-refractivity contribution in [1.29, 1.82) is 0 Å². The third-order valence-electron chi connectivity index (χ3n) is 3.17. The summed E-state index contributed by atoms with van der Waals surface area (Å²) in [5, 5.41) is 15.2. The van der Waals surface area contributed by atoms with Gasteiger partial charge in [-0.15, -0.1) is 11.3 Å². The number of ether oxygens (including phenoxy) is 1. The van der Waals surface area contributed by atoms with E-state index in [9.17, 15) is 5.11 Å². The van der Waals surface area contributed by atoms with Gasteiger partial charge in [-0.1, -0.05) is 31.5 Å². The molecule has 1 aromatic carbocycles. The number of thiophene rings is 1. The smallest absolute Gasteiger partial charge is 0.0945 e. The second-order valence-corrected chi connectivity index (χ2v) is 6.11. The number of hydrogen-bond acceptors (Lipinski definition) is 4. The lowest BCUT2D eigenvalue weighted by Gasteiger charge is -2.13. The Labute approximate surface area is 130 Å². The average Bonchev–Trinajstić information content (AvgIpc) is 3.00. The van der Waals surface area contributed by atoms with E-state index in [1.165, 1.54) is 10.4 Å². The predicted octanol–water partition coefficient (Wildman–Crippen LogP) is 3.69. The molecule has 2 N–H and O–H groups in total. The van der Waals surface area contributed by atoms with Crippen LogP contribution in [0.15, 0.2) is 41.8 Å². The highest BCUT2D eigenvalue weighted by Gasteiger charge is 2.05. The van der Waals surface area contributed by atoms with Gasteiger partial charge in [0, 0.05) is 17.1 Å². The van der Waals surface area contributed by atoms with Crippen LogP contribution in [-0.2, 0) is 17.8 Å². The number of anilines is 1. The molecule has 1 heterocycles. The number of aliphatic hydroxyl groups is 1. The Balaban J connectivity index is 1.64.